The number of sulfone groups is 2. The van der Waals surface area contributed by atoms with Crippen molar-refractivity contribution in [2.75, 3.05) is 12.0 Å². The van der Waals surface area contributed by atoms with Gasteiger partial charge >= 0.3 is 0 Å². The van der Waals surface area contributed by atoms with Gasteiger partial charge in [-0.25, -0.2) is 16.8 Å². The Morgan fingerprint density at radius 3 is 1.82 bits per heavy atom. The Bertz CT molecular complexity index is 586. The van der Waals surface area contributed by atoms with Crippen LogP contribution in [0, 0.1) is 0 Å². The normalized spacial score (nSPS) is 14.5. The molecule has 7 heteroatoms. The van der Waals surface area contributed by atoms with Crippen molar-refractivity contribution in [1.29, 1.82) is 0 Å². The molecular formula is C10H15NO4S2. The highest BCUT2D eigenvalue weighted by Crippen LogP contribution is 2.15. The highest BCUT2D eigenvalue weighted by molar-refractivity contribution is 7.91. The van der Waals surface area contributed by atoms with Crippen LogP contribution in [0.25, 0.3) is 0 Å². The van der Waals surface area contributed by atoms with Gasteiger partial charge in [-0.15, -0.1) is 0 Å². The average Bonchev–Trinajstić information content (AvgIpc) is 2.14. The Labute approximate surface area is 101 Å². The molecular weight excluding hydrogens is 262 g/mol. The summed E-state index contributed by atoms with van der Waals surface area (Å²) in [6.07, 6.45) is 1.07. The second kappa shape index (κ2) is 4.75. The van der Waals surface area contributed by atoms with Gasteiger partial charge in [0.2, 0.25) is 0 Å². The first kappa shape index (κ1) is 14.1. The van der Waals surface area contributed by atoms with Crippen molar-refractivity contribution in [3.05, 3.63) is 24.3 Å². The minimum atomic E-state index is -3.44. The zero-order valence-corrected chi connectivity index (χ0v) is 11.3. The lowest BCUT2D eigenvalue weighted by molar-refractivity contribution is 0.589. The summed E-state index contributed by atoms with van der Waals surface area (Å²) in [6, 6.07) is 4.67. The highest BCUT2D eigenvalue weighted by Gasteiger charge is 2.17. The van der Waals surface area contributed by atoms with Crippen LogP contribution >= 0.6 is 0 Å². The van der Waals surface area contributed by atoms with E-state index in [2.05, 4.69) is 0 Å². The summed E-state index contributed by atoms with van der Waals surface area (Å²) in [6.45, 7) is 1.60. The molecule has 2 N–H and O–H groups in total. The molecule has 1 unspecified atom stereocenters. The number of hydrogen-bond donors (Lipinski definition) is 1. The molecule has 1 rings (SSSR count). The molecule has 0 aromatic heterocycles. The van der Waals surface area contributed by atoms with E-state index in [4.69, 9.17) is 5.73 Å². The Balaban J connectivity index is 3.12. The summed E-state index contributed by atoms with van der Waals surface area (Å²) in [5.41, 5.74) is 5.44. The second-order valence-electron chi connectivity index (χ2n) is 4.00. The van der Waals surface area contributed by atoms with E-state index in [9.17, 15) is 16.8 Å². The van der Waals surface area contributed by atoms with Crippen LogP contribution in [-0.4, -0.2) is 34.9 Å². The third-order valence-corrected chi connectivity index (χ3v) is 5.18. The monoisotopic (exact) mass is 277 g/mol. The highest BCUT2D eigenvalue weighted by atomic mass is 32.2. The topological polar surface area (TPSA) is 94.3 Å². The van der Waals surface area contributed by atoms with E-state index in [0.717, 1.165) is 6.26 Å². The molecule has 0 radical (unpaired) electrons. The van der Waals surface area contributed by atoms with Gasteiger partial charge in [0.05, 0.1) is 15.5 Å². The predicted octanol–water partition coefficient (Wildman–Crippen LogP) is 0.211. The van der Waals surface area contributed by atoms with E-state index in [-0.39, 0.29) is 15.5 Å². The fourth-order valence-electron chi connectivity index (χ4n) is 1.34. The molecule has 0 aliphatic heterocycles. The maximum Gasteiger partial charge on any atom is 0.179 e. The largest absolute Gasteiger partial charge is 0.327 e. The number of hydrogen-bond acceptors (Lipinski definition) is 5. The zero-order valence-electron chi connectivity index (χ0n) is 9.62. The van der Waals surface area contributed by atoms with Gasteiger partial charge in [0.1, 0.15) is 0 Å². The summed E-state index contributed by atoms with van der Waals surface area (Å²) in [4.78, 5) is 0.180. The molecule has 0 fully saturated rings. The van der Waals surface area contributed by atoms with Crippen LogP contribution in [-0.2, 0) is 19.7 Å². The standard InChI is InChI=1S/C10H15NO4S2/c1-8(11)7-17(14,15)10-5-3-9(4-6-10)16(2,12)13/h3-6,8H,7,11H2,1-2H3. The van der Waals surface area contributed by atoms with Crippen LogP contribution in [0.1, 0.15) is 6.92 Å². The molecule has 0 saturated carbocycles. The third-order valence-electron chi connectivity index (χ3n) is 2.09. The van der Waals surface area contributed by atoms with Crippen molar-refractivity contribution in [2.45, 2.75) is 22.8 Å². The lowest BCUT2D eigenvalue weighted by Gasteiger charge is -2.07. The fraction of sp³-hybridized carbons (Fsp3) is 0.400. The molecule has 0 heterocycles. The maximum absolute atomic E-state index is 11.8. The lowest BCUT2D eigenvalue weighted by Crippen LogP contribution is -2.26. The summed E-state index contributed by atoms with van der Waals surface area (Å²) in [5, 5.41) is 0. The van der Waals surface area contributed by atoms with Gasteiger partial charge in [-0.1, -0.05) is 0 Å². The van der Waals surface area contributed by atoms with Crippen LogP contribution in [0.3, 0.4) is 0 Å². The Hall–Kier alpha value is -0.920. The molecule has 0 bridgehead atoms. The van der Waals surface area contributed by atoms with Gasteiger partial charge in [0, 0.05) is 12.3 Å². The first-order valence-corrected chi connectivity index (χ1v) is 8.46. The molecule has 0 amide bonds. The Morgan fingerprint density at radius 2 is 1.47 bits per heavy atom. The second-order valence-corrected chi connectivity index (χ2v) is 8.05. The van der Waals surface area contributed by atoms with E-state index in [1.807, 2.05) is 0 Å². The van der Waals surface area contributed by atoms with E-state index in [0.29, 0.717) is 0 Å². The molecule has 1 aromatic carbocycles. The quantitative estimate of drug-likeness (QED) is 0.849. The van der Waals surface area contributed by atoms with Gasteiger partial charge in [0.25, 0.3) is 0 Å². The summed E-state index contributed by atoms with van der Waals surface area (Å²) in [5.74, 6) is -0.161. The first-order valence-electron chi connectivity index (χ1n) is 4.91. The zero-order chi connectivity index (χ0) is 13.3. The summed E-state index contributed by atoms with van der Waals surface area (Å²) in [7, 11) is -6.75. The van der Waals surface area contributed by atoms with Crippen molar-refractivity contribution >= 4 is 19.7 Å². The van der Waals surface area contributed by atoms with E-state index >= 15 is 0 Å². The SMILES string of the molecule is CC(N)CS(=O)(=O)c1ccc(S(C)(=O)=O)cc1. The lowest BCUT2D eigenvalue weighted by atomic mass is 10.4. The van der Waals surface area contributed by atoms with Gasteiger partial charge in [-0.05, 0) is 31.2 Å². The van der Waals surface area contributed by atoms with Crippen LogP contribution in [0.2, 0.25) is 0 Å². The van der Waals surface area contributed by atoms with Crippen molar-refractivity contribution in [2.24, 2.45) is 5.73 Å². The van der Waals surface area contributed by atoms with Crippen molar-refractivity contribution in [3.63, 3.8) is 0 Å². The van der Waals surface area contributed by atoms with Crippen LogP contribution in [0.4, 0.5) is 0 Å². The Morgan fingerprint density at radius 1 is 1.06 bits per heavy atom. The Kier molecular flexibility index (Phi) is 3.95. The maximum atomic E-state index is 11.8. The number of rotatable bonds is 4. The average molecular weight is 277 g/mol. The minimum Gasteiger partial charge on any atom is -0.327 e. The molecule has 1 aromatic rings. The van der Waals surface area contributed by atoms with Gasteiger partial charge in [-0.2, -0.15) is 0 Å². The van der Waals surface area contributed by atoms with E-state index in [1.54, 1.807) is 6.92 Å². The molecule has 0 spiro atoms. The van der Waals surface area contributed by atoms with Crippen molar-refractivity contribution in [3.8, 4) is 0 Å². The van der Waals surface area contributed by atoms with Crippen LogP contribution in [0.5, 0.6) is 0 Å². The molecule has 96 valence electrons. The summed E-state index contributed by atoms with van der Waals surface area (Å²) >= 11 is 0. The predicted molar refractivity (Wildman–Crippen MR) is 65.3 cm³/mol. The minimum absolute atomic E-state index is 0.0854. The van der Waals surface area contributed by atoms with E-state index in [1.165, 1.54) is 24.3 Å². The van der Waals surface area contributed by atoms with Gasteiger partial charge in [-0.3, -0.25) is 0 Å². The number of benzene rings is 1. The van der Waals surface area contributed by atoms with Crippen LogP contribution in [0.15, 0.2) is 34.1 Å². The molecule has 5 nitrogen and oxygen atoms in total. The fourth-order valence-corrected chi connectivity index (χ4v) is 3.40. The van der Waals surface area contributed by atoms with Crippen molar-refractivity contribution in [1.82, 2.24) is 0 Å². The third kappa shape index (κ3) is 3.79. The summed E-state index contributed by atoms with van der Waals surface area (Å²) < 4.78 is 46.0. The van der Waals surface area contributed by atoms with Gasteiger partial charge < -0.3 is 5.73 Å². The van der Waals surface area contributed by atoms with Crippen molar-refractivity contribution < 1.29 is 16.8 Å². The van der Waals surface area contributed by atoms with E-state index < -0.39 is 25.7 Å². The van der Waals surface area contributed by atoms with Crippen LogP contribution < -0.4 is 5.73 Å². The molecule has 0 aliphatic carbocycles. The molecule has 1 atom stereocenters. The number of nitrogens with two attached hydrogens (primary N) is 1. The molecule has 17 heavy (non-hydrogen) atoms. The first-order chi connectivity index (χ1) is 7.63. The van der Waals surface area contributed by atoms with Gasteiger partial charge in [0.15, 0.2) is 19.7 Å². The molecule has 0 saturated heterocycles. The smallest absolute Gasteiger partial charge is 0.179 e. The molecule has 0 aliphatic rings.